The maximum Gasteiger partial charge on any atom is 0.261 e. The van der Waals surface area contributed by atoms with Crippen LogP contribution >= 0.6 is 0 Å². The Hall–Kier alpha value is -3.33. The molecular formula is C21H26N6O3. The molecule has 4 rings (SSSR count). The van der Waals surface area contributed by atoms with Gasteiger partial charge in [0.15, 0.2) is 5.82 Å². The van der Waals surface area contributed by atoms with Crippen molar-refractivity contribution in [1.82, 2.24) is 9.97 Å². The second kappa shape index (κ2) is 9.00. The summed E-state index contributed by atoms with van der Waals surface area (Å²) in [4.78, 5) is 23.5. The van der Waals surface area contributed by atoms with Gasteiger partial charge in [-0.1, -0.05) is 0 Å². The fourth-order valence-corrected chi connectivity index (χ4v) is 3.77. The summed E-state index contributed by atoms with van der Waals surface area (Å²) >= 11 is 0. The Labute approximate surface area is 175 Å². The first-order valence-electron chi connectivity index (χ1n) is 10.1. The van der Waals surface area contributed by atoms with Crippen LogP contribution < -0.4 is 26.0 Å². The quantitative estimate of drug-likeness (QED) is 0.546. The Kier molecular flexibility index (Phi) is 5.99. The van der Waals surface area contributed by atoms with Gasteiger partial charge in [-0.05, 0) is 30.9 Å². The van der Waals surface area contributed by atoms with Crippen molar-refractivity contribution in [3.8, 4) is 5.75 Å². The molecule has 2 aliphatic rings. The molecule has 0 radical (unpaired) electrons. The summed E-state index contributed by atoms with van der Waals surface area (Å²) in [5.74, 6) is 0.963. The molecule has 1 aromatic heterocycles. The topological polar surface area (TPSA) is 126 Å². The number of benzene rings is 1. The Balaban J connectivity index is 1.63. The van der Waals surface area contributed by atoms with Gasteiger partial charge in [0.05, 0.1) is 22.6 Å². The molecule has 0 bridgehead atoms. The van der Waals surface area contributed by atoms with E-state index in [2.05, 4.69) is 25.5 Å². The van der Waals surface area contributed by atoms with E-state index in [0.717, 1.165) is 43.1 Å². The molecule has 0 unspecified atom stereocenters. The van der Waals surface area contributed by atoms with Gasteiger partial charge in [0.2, 0.25) is 0 Å². The maximum atomic E-state index is 13.0. The summed E-state index contributed by atoms with van der Waals surface area (Å²) in [5, 5.41) is 15.7. The lowest BCUT2D eigenvalue weighted by molar-refractivity contribution is -0.111. The number of anilines is 3. The summed E-state index contributed by atoms with van der Waals surface area (Å²) in [5.41, 5.74) is 8.29. The molecule has 1 saturated heterocycles. The van der Waals surface area contributed by atoms with E-state index in [4.69, 9.17) is 10.5 Å². The Morgan fingerprint density at radius 3 is 2.80 bits per heavy atom. The third kappa shape index (κ3) is 4.16. The summed E-state index contributed by atoms with van der Waals surface area (Å²) < 4.78 is 5.80. The van der Waals surface area contributed by atoms with Gasteiger partial charge in [0, 0.05) is 50.9 Å². The van der Waals surface area contributed by atoms with Crippen molar-refractivity contribution in [2.75, 3.05) is 48.4 Å². The molecule has 9 heteroatoms. The first-order valence-corrected chi connectivity index (χ1v) is 10.1. The molecule has 5 N–H and O–H groups in total. The van der Waals surface area contributed by atoms with Crippen LogP contribution in [0.5, 0.6) is 5.75 Å². The number of rotatable bonds is 5. The minimum absolute atomic E-state index is 0.197. The minimum atomic E-state index is -0.383. The smallest absolute Gasteiger partial charge is 0.261 e. The van der Waals surface area contributed by atoms with Crippen LogP contribution in [0.15, 0.2) is 36.8 Å². The number of amides is 1. The van der Waals surface area contributed by atoms with Crippen LogP contribution in [0, 0.1) is 5.92 Å². The molecule has 2 aliphatic heterocycles. The predicted molar refractivity (Wildman–Crippen MR) is 115 cm³/mol. The Morgan fingerprint density at radius 1 is 1.33 bits per heavy atom. The van der Waals surface area contributed by atoms with Crippen LogP contribution in [0.25, 0.3) is 5.57 Å². The number of aliphatic hydroxyl groups excluding tert-OH is 1. The van der Waals surface area contributed by atoms with Crippen LogP contribution in [0.2, 0.25) is 0 Å². The minimum Gasteiger partial charge on any atom is -0.490 e. The number of nitrogens with one attached hydrogen (secondary N) is 2. The van der Waals surface area contributed by atoms with Crippen LogP contribution in [-0.4, -0.2) is 53.8 Å². The zero-order chi connectivity index (χ0) is 20.9. The van der Waals surface area contributed by atoms with Gasteiger partial charge in [0.1, 0.15) is 12.4 Å². The van der Waals surface area contributed by atoms with Gasteiger partial charge in [-0.15, -0.1) is 0 Å². The van der Waals surface area contributed by atoms with Gasteiger partial charge in [-0.2, -0.15) is 0 Å². The lowest BCUT2D eigenvalue weighted by atomic mass is 9.97. The number of carbonyl (C=O) groups is 1. The molecule has 30 heavy (non-hydrogen) atoms. The van der Waals surface area contributed by atoms with E-state index in [1.807, 2.05) is 12.1 Å². The first kappa shape index (κ1) is 20.0. The highest BCUT2D eigenvalue weighted by Crippen LogP contribution is 2.40. The zero-order valence-electron chi connectivity index (χ0n) is 16.7. The SMILES string of the molecule is NC=C(C(=O)Nc1cc2c(cc1N1CCC(CO)CC1)OCCN2)c1ncccn1. The number of hydrogen-bond acceptors (Lipinski definition) is 8. The number of nitrogens with zero attached hydrogens (tertiary/aromatic N) is 3. The van der Waals surface area contributed by atoms with Crippen LogP contribution in [-0.2, 0) is 4.79 Å². The molecule has 0 saturated carbocycles. The largest absolute Gasteiger partial charge is 0.490 e. The summed E-state index contributed by atoms with van der Waals surface area (Å²) in [6, 6.07) is 5.53. The number of hydrogen-bond donors (Lipinski definition) is 4. The molecule has 1 fully saturated rings. The van der Waals surface area contributed by atoms with E-state index in [0.29, 0.717) is 24.8 Å². The average molecular weight is 410 g/mol. The van der Waals surface area contributed by atoms with Gasteiger partial charge >= 0.3 is 0 Å². The monoisotopic (exact) mass is 410 g/mol. The van der Waals surface area contributed by atoms with E-state index < -0.39 is 0 Å². The number of aromatic nitrogens is 2. The fraction of sp³-hybridized carbons (Fsp3) is 0.381. The highest BCUT2D eigenvalue weighted by Gasteiger charge is 2.25. The van der Waals surface area contributed by atoms with Crippen LogP contribution in [0.1, 0.15) is 18.7 Å². The van der Waals surface area contributed by atoms with Gasteiger partial charge in [0.25, 0.3) is 5.91 Å². The highest BCUT2D eigenvalue weighted by molar-refractivity contribution is 6.25. The van der Waals surface area contributed by atoms with Crippen molar-refractivity contribution < 1.29 is 14.6 Å². The molecule has 3 heterocycles. The van der Waals surface area contributed by atoms with Crippen LogP contribution in [0.3, 0.4) is 0 Å². The van der Waals surface area contributed by atoms with Crippen molar-refractivity contribution in [2.45, 2.75) is 12.8 Å². The first-order chi connectivity index (χ1) is 14.7. The van der Waals surface area contributed by atoms with E-state index in [1.165, 1.54) is 6.20 Å². The zero-order valence-corrected chi connectivity index (χ0v) is 16.7. The Morgan fingerprint density at radius 2 is 2.10 bits per heavy atom. The van der Waals surface area contributed by atoms with Crippen LogP contribution in [0.4, 0.5) is 17.1 Å². The molecule has 1 aromatic carbocycles. The fourth-order valence-electron chi connectivity index (χ4n) is 3.77. The number of aliphatic hydroxyl groups is 1. The normalized spacial score (nSPS) is 17.0. The highest BCUT2D eigenvalue weighted by atomic mass is 16.5. The molecule has 1 amide bonds. The van der Waals surface area contributed by atoms with Crippen molar-refractivity contribution >= 4 is 28.5 Å². The van der Waals surface area contributed by atoms with E-state index in [1.54, 1.807) is 18.5 Å². The lowest BCUT2D eigenvalue weighted by Gasteiger charge is -2.35. The van der Waals surface area contributed by atoms with Gasteiger partial charge in [-0.3, -0.25) is 4.79 Å². The molecule has 9 nitrogen and oxygen atoms in total. The van der Waals surface area contributed by atoms with Gasteiger partial charge in [-0.25, -0.2) is 9.97 Å². The van der Waals surface area contributed by atoms with E-state index in [-0.39, 0.29) is 23.9 Å². The van der Waals surface area contributed by atoms with Crippen molar-refractivity contribution in [2.24, 2.45) is 11.7 Å². The van der Waals surface area contributed by atoms with Crippen molar-refractivity contribution in [1.29, 1.82) is 0 Å². The summed E-state index contributed by atoms with van der Waals surface area (Å²) in [6.45, 7) is 3.09. The Bertz CT molecular complexity index is 926. The van der Waals surface area contributed by atoms with E-state index in [9.17, 15) is 9.90 Å². The van der Waals surface area contributed by atoms with Gasteiger partial charge < -0.3 is 31.1 Å². The number of fused-ring (bicyclic) bond motifs is 1. The number of carbonyl (C=O) groups excluding carboxylic acids is 1. The van der Waals surface area contributed by atoms with Crippen molar-refractivity contribution in [3.05, 3.63) is 42.6 Å². The number of ether oxygens (including phenoxy) is 1. The number of piperidine rings is 1. The molecular weight excluding hydrogens is 384 g/mol. The van der Waals surface area contributed by atoms with E-state index >= 15 is 0 Å². The van der Waals surface area contributed by atoms with Crippen molar-refractivity contribution in [3.63, 3.8) is 0 Å². The molecule has 158 valence electrons. The standard InChI is InChI=1S/C21H26N6O3/c22-12-15(20-24-4-1-5-25-20)21(29)26-16-10-17-19(30-9-6-23-17)11-18(16)27-7-2-14(13-28)3-8-27/h1,4-5,10-12,14,23,28H,2-3,6-9,13,22H2,(H,26,29). The molecule has 0 atom stereocenters. The summed E-state index contributed by atoms with van der Waals surface area (Å²) in [7, 11) is 0. The third-order valence-electron chi connectivity index (χ3n) is 5.45. The lowest BCUT2D eigenvalue weighted by Crippen LogP contribution is -2.35. The predicted octanol–water partition coefficient (Wildman–Crippen LogP) is 1.43. The average Bonchev–Trinajstić information content (AvgIpc) is 2.80. The molecule has 2 aromatic rings. The summed E-state index contributed by atoms with van der Waals surface area (Å²) in [6.07, 6.45) is 6.14. The molecule has 0 spiro atoms. The third-order valence-corrected chi connectivity index (χ3v) is 5.45. The number of nitrogens with two attached hydrogens (primary N) is 1. The second-order valence-electron chi connectivity index (χ2n) is 7.36. The maximum absolute atomic E-state index is 13.0. The second-order valence-corrected chi connectivity index (χ2v) is 7.36. The molecule has 0 aliphatic carbocycles.